The molecule has 2 aromatic rings. The highest BCUT2D eigenvalue weighted by Crippen LogP contribution is 2.22. The summed E-state index contributed by atoms with van der Waals surface area (Å²) in [5.41, 5.74) is 3.19. The van der Waals surface area contributed by atoms with Crippen molar-refractivity contribution in [1.82, 2.24) is 5.32 Å². The first-order valence-electron chi connectivity index (χ1n) is 7.98. The molecule has 1 amide bonds. The van der Waals surface area contributed by atoms with Gasteiger partial charge in [0, 0.05) is 19.3 Å². The average molecular weight is 310 g/mol. The zero-order valence-electron chi connectivity index (χ0n) is 13.4. The maximum atomic E-state index is 12.2. The predicted molar refractivity (Wildman–Crippen MR) is 92.5 cm³/mol. The molecule has 120 valence electrons. The molecule has 0 unspecified atom stereocenters. The molecule has 0 aromatic heterocycles. The van der Waals surface area contributed by atoms with Gasteiger partial charge in [-0.3, -0.25) is 4.79 Å². The molecule has 4 nitrogen and oxygen atoms in total. The number of carbonyl (C=O) groups is 1. The molecular formula is C19H22N2O2. The van der Waals surface area contributed by atoms with Crippen LogP contribution in [0.15, 0.2) is 54.6 Å². The van der Waals surface area contributed by atoms with Crippen LogP contribution in [-0.4, -0.2) is 38.8 Å². The normalized spacial score (nSPS) is 17.2. The van der Waals surface area contributed by atoms with Crippen molar-refractivity contribution in [3.05, 3.63) is 54.6 Å². The summed E-state index contributed by atoms with van der Waals surface area (Å²) < 4.78 is 5.65. The average Bonchev–Trinajstić information content (AvgIpc) is 3.13. The molecule has 1 saturated heterocycles. The van der Waals surface area contributed by atoms with Crippen LogP contribution in [0.1, 0.15) is 6.42 Å². The minimum atomic E-state index is -0.0237. The summed E-state index contributed by atoms with van der Waals surface area (Å²) in [6, 6.07) is 18.2. The molecule has 0 bridgehead atoms. The van der Waals surface area contributed by atoms with Crippen LogP contribution in [0.4, 0.5) is 5.69 Å². The number of benzene rings is 2. The van der Waals surface area contributed by atoms with Crippen LogP contribution in [0.2, 0.25) is 0 Å². The second-order valence-corrected chi connectivity index (χ2v) is 5.79. The highest BCUT2D eigenvalue weighted by Gasteiger charge is 2.18. The molecule has 2 aromatic carbocycles. The largest absolute Gasteiger partial charge is 0.367 e. The Hall–Kier alpha value is -2.17. The predicted octanol–water partition coefficient (Wildman–Crippen LogP) is 2.69. The molecule has 0 aliphatic carbocycles. The minimum Gasteiger partial charge on any atom is -0.367 e. The van der Waals surface area contributed by atoms with Crippen molar-refractivity contribution >= 4 is 11.6 Å². The second-order valence-electron chi connectivity index (χ2n) is 5.79. The van der Waals surface area contributed by atoms with E-state index in [0.29, 0.717) is 0 Å². The van der Waals surface area contributed by atoms with Crippen LogP contribution in [0.5, 0.6) is 0 Å². The molecular weight excluding hydrogens is 288 g/mol. The Balaban J connectivity index is 1.60. The van der Waals surface area contributed by atoms with E-state index in [1.165, 1.54) is 5.56 Å². The van der Waals surface area contributed by atoms with E-state index in [4.69, 9.17) is 4.74 Å². The van der Waals surface area contributed by atoms with Gasteiger partial charge in [0.15, 0.2) is 0 Å². The van der Waals surface area contributed by atoms with E-state index in [0.717, 1.165) is 30.8 Å². The van der Waals surface area contributed by atoms with Crippen molar-refractivity contribution in [3.8, 4) is 11.1 Å². The number of carbonyl (C=O) groups excluding carboxylic acids is 1. The fourth-order valence-corrected chi connectivity index (χ4v) is 2.71. The molecule has 0 saturated carbocycles. The zero-order valence-corrected chi connectivity index (χ0v) is 13.4. The third kappa shape index (κ3) is 3.97. The summed E-state index contributed by atoms with van der Waals surface area (Å²) in [6.07, 6.45) is 1.13. The molecule has 23 heavy (non-hydrogen) atoms. The lowest BCUT2D eigenvalue weighted by Gasteiger charge is -2.19. The number of hydrogen-bond donors (Lipinski definition) is 1. The molecule has 3 rings (SSSR count). The molecule has 1 aliphatic rings. The maximum Gasteiger partial charge on any atom is 0.252 e. The van der Waals surface area contributed by atoms with E-state index in [1.807, 2.05) is 42.5 Å². The van der Waals surface area contributed by atoms with Gasteiger partial charge in [-0.15, -0.1) is 0 Å². The van der Waals surface area contributed by atoms with Gasteiger partial charge in [0.25, 0.3) is 5.91 Å². The van der Waals surface area contributed by atoms with E-state index in [1.54, 1.807) is 11.9 Å². The van der Waals surface area contributed by atoms with Gasteiger partial charge in [-0.1, -0.05) is 42.5 Å². The van der Waals surface area contributed by atoms with Gasteiger partial charge in [-0.05, 0) is 36.2 Å². The Labute approximate surface area is 137 Å². The van der Waals surface area contributed by atoms with E-state index in [-0.39, 0.29) is 18.6 Å². The summed E-state index contributed by atoms with van der Waals surface area (Å²) in [4.78, 5) is 13.9. The van der Waals surface area contributed by atoms with Gasteiger partial charge in [0.05, 0.1) is 6.10 Å². The molecule has 4 heteroatoms. The van der Waals surface area contributed by atoms with Crippen LogP contribution in [-0.2, 0) is 9.53 Å². The first kappa shape index (κ1) is 15.7. The van der Waals surface area contributed by atoms with Gasteiger partial charge >= 0.3 is 0 Å². The standard InChI is InChI=1S/C19H22N2O2/c1-21(19(22)14-23-18-11-12-20-13-18)17-9-7-16(8-10-17)15-5-3-2-4-6-15/h2-10,18,20H,11-14H2,1H3/t18-/m1/s1. The summed E-state index contributed by atoms with van der Waals surface area (Å²) in [7, 11) is 1.79. The van der Waals surface area contributed by atoms with Crippen molar-refractivity contribution < 1.29 is 9.53 Å². The molecule has 1 fully saturated rings. The van der Waals surface area contributed by atoms with Gasteiger partial charge in [-0.2, -0.15) is 0 Å². The quantitative estimate of drug-likeness (QED) is 0.923. The van der Waals surface area contributed by atoms with E-state index in [2.05, 4.69) is 17.4 Å². The van der Waals surface area contributed by atoms with Crippen LogP contribution < -0.4 is 10.2 Å². The topological polar surface area (TPSA) is 41.6 Å². The zero-order chi connectivity index (χ0) is 16.1. The van der Waals surface area contributed by atoms with E-state index >= 15 is 0 Å². The van der Waals surface area contributed by atoms with Crippen molar-refractivity contribution in [1.29, 1.82) is 0 Å². The molecule has 1 N–H and O–H groups in total. The maximum absolute atomic E-state index is 12.2. The summed E-state index contributed by atoms with van der Waals surface area (Å²) >= 11 is 0. The van der Waals surface area contributed by atoms with Gasteiger partial charge in [0.2, 0.25) is 0 Å². The Morgan fingerprint density at radius 1 is 1.13 bits per heavy atom. The SMILES string of the molecule is CN(C(=O)CO[C@@H]1CCNC1)c1ccc(-c2ccccc2)cc1. The first-order chi connectivity index (χ1) is 11.2. The lowest BCUT2D eigenvalue weighted by molar-refractivity contribution is -0.124. The Kier molecular flexibility index (Phi) is 5.05. The molecule has 0 spiro atoms. The highest BCUT2D eigenvalue weighted by molar-refractivity contribution is 5.94. The van der Waals surface area contributed by atoms with Crippen LogP contribution in [0, 0.1) is 0 Å². The molecule has 1 atom stereocenters. The Morgan fingerprint density at radius 3 is 2.48 bits per heavy atom. The Morgan fingerprint density at radius 2 is 1.83 bits per heavy atom. The second kappa shape index (κ2) is 7.40. The number of amides is 1. The molecule has 0 radical (unpaired) electrons. The fourth-order valence-electron chi connectivity index (χ4n) is 2.71. The lowest BCUT2D eigenvalue weighted by Crippen LogP contribution is -2.32. The third-order valence-corrected chi connectivity index (χ3v) is 4.19. The number of anilines is 1. The van der Waals surface area contributed by atoms with Crippen molar-refractivity contribution in [2.75, 3.05) is 31.6 Å². The van der Waals surface area contributed by atoms with Gasteiger partial charge in [-0.25, -0.2) is 0 Å². The van der Waals surface area contributed by atoms with Gasteiger partial charge < -0.3 is 15.0 Å². The van der Waals surface area contributed by atoms with Crippen molar-refractivity contribution in [3.63, 3.8) is 0 Å². The highest BCUT2D eigenvalue weighted by atomic mass is 16.5. The monoisotopic (exact) mass is 310 g/mol. The summed E-state index contributed by atoms with van der Waals surface area (Å²) in [5, 5.41) is 3.23. The smallest absolute Gasteiger partial charge is 0.252 e. The first-order valence-corrected chi connectivity index (χ1v) is 7.98. The number of likely N-dealkylation sites (N-methyl/N-ethyl adjacent to an activating group) is 1. The molecule has 1 heterocycles. The lowest BCUT2D eigenvalue weighted by atomic mass is 10.1. The third-order valence-electron chi connectivity index (χ3n) is 4.19. The molecule has 1 aliphatic heterocycles. The van der Waals surface area contributed by atoms with Crippen molar-refractivity contribution in [2.45, 2.75) is 12.5 Å². The number of nitrogens with zero attached hydrogens (tertiary/aromatic N) is 1. The van der Waals surface area contributed by atoms with Gasteiger partial charge in [0.1, 0.15) is 6.61 Å². The van der Waals surface area contributed by atoms with E-state index in [9.17, 15) is 4.79 Å². The Bertz CT molecular complexity index is 634. The minimum absolute atomic E-state index is 0.0237. The number of nitrogens with one attached hydrogen (secondary N) is 1. The fraction of sp³-hybridized carbons (Fsp3) is 0.316. The number of ether oxygens (including phenoxy) is 1. The van der Waals surface area contributed by atoms with Crippen LogP contribution in [0.25, 0.3) is 11.1 Å². The van der Waals surface area contributed by atoms with E-state index < -0.39 is 0 Å². The van der Waals surface area contributed by atoms with Crippen LogP contribution in [0.3, 0.4) is 0 Å². The van der Waals surface area contributed by atoms with Crippen molar-refractivity contribution in [2.24, 2.45) is 0 Å². The summed E-state index contributed by atoms with van der Waals surface area (Å²) in [6.45, 7) is 1.93. The number of rotatable bonds is 5. The summed E-state index contributed by atoms with van der Waals surface area (Å²) in [5.74, 6) is -0.0237. The van der Waals surface area contributed by atoms with Crippen LogP contribution >= 0.6 is 0 Å². The number of hydrogen-bond acceptors (Lipinski definition) is 3.